The van der Waals surface area contributed by atoms with Gasteiger partial charge in [0.05, 0.1) is 13.2 Å². The van der Waals surface area contributed by atoms with Crippen LogP contribution in [-0.4, -0.2) is 43.7 Å². The van der Waals surface area contributed by atoms with E-state index in [2.05, 4.69) is 29.3 Å². The largest absolute Gasteiger partial charge is 0.483 e. The van der Waals surface area contributed by atoms with Crippen LogP contribution in [0.2, 0.25) is 0 Å². The molecule has 0 bridgehead atoms. The fourth-order valence-electron chi connectivity index (χ4n) is 3.21. The van der Waals surface area contributed by atoms with E-state index in [4.69, 9.17) is 9.47 Å². The molecule has 27 heavy (non-hydrogen) atoms. The molecule has 5 nitrogen and oxygen atoms in total. The van der Waals surface area contributed by atoms with Gasteiger partial charge in [0.2, 0.25) is 0 Å². The number of morpholine rings is 1. The predicted molar refractivity (Wildman–Crippen MR) is 106 cm³/mol. The van der Waals surface area contributed by atoms with Crippen LogP contribution >= 0.6 is 0 Å². The zero-order valence-corrected chi connectivity index (χ0v) is 15.9. The molecule has 0 spiro atoms. The highest BCUT2D eigenvalue weighted by Crippen LogP contribution is 2.18. The molecule has 2 aromatic rings. The molecule has 0 unspecified atom stereocenters. The average Bonchev–Trinajstić information content (AvgIpc) is 2.72. The molecule has 0 radical (unpaired) electrons. The summed E-state index contributed by atoms with van der Waals surface area (Å²) in [5.41, 5.74) is 3.50. The minimum atomic E-state index is -0.109. The summed E-state index contributed by atoms with van der Waals surface area (Å²) >= 11 is 0. The maximum absolute atomic E-state index is 12.2. The number of carbonyl (C=O) groups is 1. The van der Waals surface area contributed by atoms with E-state index in [0.29, 0.717) is 6.54 Å². The Hall–Kier alpha value is -2.37. The molecule has 144 valence electrons. The third-order valence-electron chi connectivity index (χ3n) is 4.80. The third kappa shape index (κ3) is 5.81. The molecular formula is C22H28N2O3. The second-order valence-corrected chi connectivity index (χ2v) is 6.68. The van der Waals surface area contributed by atoms with E-state index in [1.54, 1.807) is 0 Å². The van der Waals surface area contributed by atoms with Crippen LogP contribution in [0.5, 0.6) is 5.75 Å². The number of rotatable bonds is 8. The van der Waals surface area contributed by atoms with Crippen molar-refractivity contribution < 1.29 is 14.3 Å². The molecule has 0 aliphatic carbocycles. The van der Waals surface area contributed by atoms with Crippen LogP contribution in [0, 0.1) is 0 Å². The number of amides is 1. The lowest BCUT2D eigenvalue weighted by Gasteiger charge is -2.27. The Balaban J connectivity index is 1.51. The highest BCUT2D eigenvalue weighted by molar-refractivity contribution is 5.77. The Bertz CT molecular complexity index is 742. The molecule has 0 aromatic heterocycles. The van der Waals surface area contributed by atoms with Gasteiger partial charge < -0.3 is 14.8 Å². The zero-order chi connectivity index (χ0) is 18.9. The lowest BCUT2D eigenvalue weighted by molar-refractivity contribution is -0.123. The van der Waals surface area contributed by atoms with Crippen LogP contribution in [-0.2, 0) is 29.0 Å². The van der Waals surface area contributed by atoms with E-state index in [9.17, 15) is 4.79 Å². The highest BCUT2D eigenvalue weighted by atomic mass is 16.5. The topological polar surface area (TPSA) is 50.8 Å². The molecule has 1 aliphatic rings. The Labute approximate surface area is 161 Å². The summed E-state index contributed by atoms with van der Waals surface area (Å²) in [4.78, 5) is 14.6. The van der Waals surface area contributed by atoms with Gasteiger partial charge in [-0.3, -0.25) is 9.69 Å². The predicted octanol–water partition coefficient (Wildman–Crippen LogP) is 2.78. The summed E-state index contributed by atoms with van der Waals surface area (Å²) in [5.74, 6) is 0.671. The summed E-state index contributed by atoms with van der Waals surface area (Å²) in [6, 6.07) is 16.1. The summed E-state index contributed by atoms with van der Waals surface area (Å²) in [7, 11) is 0. The first-order valence-corrected chi connectivity index (χ1v) is 9.60. The van der Waals surface area contributed by atoms with Crippen LogP contribution in [0.4, 0.5) is 0 Å². The van der Waals surface area contributed by atoms with Gasteiger partial charge in [0.15, 0.2) is 6.61 Å². The lowest BCUT2D eigenvalue weighted by atomic mass is 10.1. The van der Waals surface area contributed by atoms with Gasteiger partial charge in [-0.05, 0) is 29.2 Å². The first-order chi connectivity index (χ1) is 13.3. The number of aryl methyl sites for hydroxylation is 1. The zero-order valence-electron chi connectivity index (χ0n) is 15.9. The van der Waals surface area contributed by atoms with Crippen molar-refractivity contribution in [2.45, 2.75) is 26.4 Å². The van der Waals surface area contributed by atoms with Crippen molar-refractivity contribution in [2.24, 2.45) is 0 Å². The van der Waals surface area contributed by atoms with Crippen molar-refractivity contribution in [3.63, 3.8) is 0 Å². The van der Waals surface area contributed by atoms with Crippen molar-refractivity contribution in [3.05, 3.63) is 65.2 Å². The molecule has 0 saturated carbocycles. The average molecular weight is 368 g/mol. The number of hydrogen-bond donors (Lipinski definition) is 1. The molecule has 2 aromatic carbocycles. The van der Waals surface area contributed by atoms with Crippen LogP contribution < -0.4 is 10.1 Å². The van der Waals surface area contributed by atoms with Crippen molar-refractivity contribution in [1.29, 1.82) is 0 Å². The number of ether oxygens (including phenoxy) is 2. The molecule has 1 N–H and O–H groups in total. The maximum atomic E-state index is 12.2. The van der Waals surface area contributed by atoms with E-state index in [1.807, 2.05) is 36.4 Å². The Morgan fingerprint density at radius 1 is 1.04 bits per heavy atom. The standard InChI is InChI=1S/C22H28N2O3/c1-2-18-7-5-6-10-21(18)27-17-22(25)23-15-19-8-3-4-9-20(19)16-24-11-13-26-14-12-24/h3-10H,2,11-17H2,1H3,(H,23,25). The van der Waals surface area contributed by atoms with E-state index >= 15 is 0 Å². The molecule has 1 heterocycles. The number of benzene rings is 2. The third-order valence-corrected chi connectivity index (χ3v) is 4.80. The van der Waals surface area contributed by atoms with Gasteiger partial charge in [-0.25, -0.2) is 0 Å². The molecule has 3 rings (SSSR count). The number of nitrogens with one attached hydrogen (secondary N) is 1. The fraction of sp³-hybridized carbons (Fsp3) is 0.409. The van der Waals surface area contributed by atoms with Crippen LogP contribution in [0.15, 0.2) is 48.5 Å². The molecule has 1 aliphatic heterocycles. The van der Waals surface area contributed by atoms with Crippen molar-refractivity contribution in [3.8, 4) is 5.75 Å². The van der Waals surface area contributed by atoms with Gasteiger partial charge >= 0.3 is 0 Å². The number of nitrogens with zero attached hydrogens (tertiary/aromatic N) is 1. The summed E-state index contributed by atoms with van der Waals surface area (Å²) in [5, 5.41) is 2.98. The number of carbonyl (C=O) groups excluding carboxylic acids is 1. The lowest BCUT2D eigenvalue weighted by Crippen LogP contribution is -2.36. The van der Waals surface area contributed by atoms with E-state index < -0.39 is 0 Å². The van der Waals surface area contributed by atoms with Gasteiger partial charge in [0.25, 0.3) is 5.91 Å². The second kappa shape index (κ2) is 10.1. The Morgan fingerprint density at radius 3 is 2.44 bits per heavy atom. The van der Waals surface area contributed by atoms with Crippen LogP contribution in [0.1, 0.15) is 23.6 Å². The number of para-hydroxylation sites is 1. The van der Waals surface area contributed by atoms with E-state index in [0.717, 1.165) is 56.1 Å². The molecule has 1 saturated heterocycles. The van der Waals surface area contributed by atoms with Gasteiger partial charge in [-0.2, -0.15) is 0 Å². The SMILES string of the molecule is CCc1ccccc1OCC(=O)NCc1ccccc1CN1CCOCC1. The normalized spacial score (nSPS) is 14.7. The molecular weight excluding hydrogens is 340 g/mol. The van der Waals surface area contributed by atoms with Crippen LogP contribution in [0.3, 0.4) is 0 Å². The molecule has 5 heteroatoms. The molecule has 1 amide bonds. The van der Waals surface area contributed by atoms with Crippen molar-refractivity contribution in [2.75, 3.05) is 32.9 Å². The molecule has 0 atom stereocenters. The fourth-order valence-corrected chi connectivity index (χ4v) is 3.21. The van der Waals surface area contributed by atoms with Gasteiger partial charge in [-0.15, -0.1) is 0 Å². The first-order valence-electron chi connectivity index (χ1n) is 9.60. The van der Waals surface area contributed by atoms with E-state index in [-0.39, 0.29) is 12.5 Å². The van der Waals surface area contributed by atoms with Crippen LogP contribution in [0.25, 0.3) is 0 Å². The quantitative estimate of drug-likeness (QED) is 0.778. The minimum Gasteiger partial charge on any atom is -0.483 e. The van der Waals surface area contributed by atoms with Crippen molar-refractivity contribution >= 4 is 5.91 Å². The second-order valence-electron chi connectivity index (χ2n) is 6.68. The summed E-state index contributed by atoms with van der Waals surface area (Å²) < 4.78 is 11.1. The monoisotopic (exact) mass is 368 g/mol. The first kappa shape index (κ1) is 19.4. The van der Waals surface area contributed by atoms with Gasteiger partial charge in [0, 0.05) is 26.2 Å². The maximum Gasteiger partial charge on any atom is 0.258 e. The Kier molecular flexibility index (Phi) is 7.25. The smallest absolute Gasteiger partial charge is 0.258 e. The summed E-state index contributed by atoms with van der Waals surface area (Å²) in [6.07, 6.45) is 0.882. The van der Waals surface area contributed by atoms with Gasteiger partial charge in [0.1, 0.15) is 5.75 Å². The van der Waals surface area contributed by atoms with Crippen molar-refractivity contribution in [1.82, 2.24) is 10.2 Å². The van der Waals surface area contributed by atoms with E-state index in [1.165, 1.54) is 5.56 Å². The molecule has 1 fully saturated rings. The highest BCUT2D eigenvalue weighted by Gasteiger charge is 2.13. The van der Waals surface area contributed by atoms with Gasteiger partial charge in [-0.1, -0.05) is 49.4 Å². The summed E-state index contributed by atoms with van der Waals surface area (Å²) in [6.45, 7) is 6.98. The minimum absolute atomic E-state index is 0.0304. The number of hydrogen-bond acceptors (Lipinski definition) is 4. The Morgan fingerprint density at radius 2 is 1.70 bits per heavy atom.